The second-order valence-corrected chi connectivity index (χ2v) is 6.84. The Morgan fingerprint density at radius 2 is 1.72 bits per heavy atom. The number of benzene rings is 2. The first kappa shape index (κ1) is 22.2. The van der Waals surface area contributed by atoms with Crippen molar-refractivity contribution in [3.63, 3.8) is 0 Å². The molecule has 2 aromatic carbocycles. The van der Waals surface area contributed by atoms with Crippen molar-refractivity contribution in [1.29, 1.82) is 0 Å². The number of hydrogen-bond donors (Lipinski definition) is 2. The molecular weight excluding hydrogens is 396 g/mol. The lowest BCUT2D eigenvalue weighted by molar-refractivity contribution is -0.154. The van der Waals surface area contributed by atoms with Gasteiger partial charge in [-0.25, -0.2) is 4.79 Å². The quantitative estimate of drug-likeness (QED) is 0.672. The van der Waals surface area contributed by atoms with E-state index in [1.165, 1.54) is 21.0 Å². The van der Waals surface area contributed by atoms with Crippen molar-refractivity contribution < 1.29 is 23.9 Å². The van der Waals surface area contributed by atoms with Crippen molar-refractivity contribution in [1.82, 2.24) is 5.32 Å². The highest BCUT2D eigenvalue weighted by Crippen LogP contribution is 2.31. The molecule has 0 bridgehead atoms. The van der Waals surface area contributed by atoms with Crippen LogP contribution in [0.3, 0.4) is 0 Å². The molecule has 0 radical (unpaired) electrons. The molecule has 0 aliphatic carbocycles. The second-order valence-electron chi connectivity index (χ2n) is 6.43. The fourth-order valence-corrected chi connectivity index (χ4v) is 2.58. The number of esters is 1. The summed E-state index contributed by atoms with van der Waals surface area (Å²) in [4.78, 5) is 36.8. The minimum atomic E-state index is -1.08. The predicted molar refractivity (Wildman–Crippen MR) is 110 cm³/mol. The molecule has 2 aromatic rings. The van der Waals surface area contributed by atoms with E-state index in [1.54, 1.807) is 49.4 Å². The predicted octanol–water partition coefficient (Wildman–Crippen LogP) is 3.35. The van der Waals surface area contributed by atoms with Crippen LogP contribution in [0.4, 0.5) is 5.69 Å². The number of amides is 2. The van der Waals surface area contributed by atoms with Gasteiger partial charge in [-0.05, 0) is 44.5 Å². The van der Waals surface area contributed by atoms with E-state index in [2.05, 4.69) is 10.6 Å². The number of rotatable bonds is 7. The summed E-state index contributed by atoms with van der Waals surface area (Å²) >= 11 is 6.06. The van der Waals surface area contributed by atoms with Gasteiger partial charge >= 0.3 is 5.97 Å². The van der Waals surface area contributed by atoms with Crippen LogP contribution in [0, 0.1) is 6.92 Å². The summed E-state index contributed by atoms with van der Waals surface area (Å²) in [6, 6.07) is 10.8. The SMILES string of the molecule is COc1cc(Cl)c(C)cc1NC(=O)[C@@H](C)OC(=O)[C@H](C)NC(=O)c1ccccc1. The molecule has 2 N–H and O–H groups in total. The normalized spacial score (nSPS) is 12.4. The van der Waals surface area contributed by atoms with Crippen molar-refractivity contribution in [3.05, 3.63) is 58.6 Å². The highest BCUT2D eigenvalue weighted by atomic mass is 35.5. The minimum absolute atomic E-state index is 0.385. The second kappa shape index (κ2) is 9.93. The standard InChI is InChI=1S/C21H23ClN2O5/c1-12-10-17(18(28-4)11-16(12)22)24-19(25)14(3)29-21(27)13(2)23-20(26)15-8-6-5-7-9-15/h5-11,13-14H,1-4H3,(H,23,26)(H,24,25)/t13-,14+/m0/s1. The largest absolute Gasteiger partial charge is 0.495 e. The molecule has 0 aliphatic rings. The van der Waals surface area contributed by atoms with Crippen molar-refractivity contribution in [2.45, 2.75) is 32.9 Å². The average Bonchev–Trinajstić information content (AvgIpc) is 2.70. The molecule has 29 heavy (non-hydrogen) atoms. The van der Waals surface area contributed by atoms with Crippen LogP contribution < -0.4 is 15.4 Å². The Balaban J connectivity index is 1.96. The highest BCUT2D eigenvalue weighted by molar-refractivity contribution is 6.31. The summed E-state index contributed by atoms with van der Waals surface area (Å²) in [5.74, 6) is -1.29. The van der Waals surface area contributed by atoms with E-state index in [4.69, 9.17) is 21.1 Å². The Morgan fingerprint density at radius 3 is 2.34 bits per heavy atom. The number of carbonyl (C=O) groups excluding carboxylic acids is 3. The van der Waals surface area contributed by atoms with Crippen molar-refractivity contribution in [2.75, 3.05) is 12.4 Å². The van der Waals surface area contributed by atoms with E-state index in [0.717, 1.165) is 5.56 Å². The Morgan fingerprint density at radius 1 is 1.07 bits per heavy atom. The Labute approximate surface area is 174 Å². The zero-order valence-electron chi connectivity index (χ0n) is 16.6. The molecule has 7 nitrogen and oxygen atoms in total. The van der Waals surface area contributed by atoms with Gasteiger partial charge in [0.25, 0.3) is 11.8 Å². The molecule has 154 valence electrons. The summed E-state index contributed by atoms with van der Waals surface area (Å²) in [6.45, 7) is 4.71. The number of nitrogens with one attached hydrogen (secondary N) is 2. The molecule has 8 heteroatoms. The molecule has 0 spiro atoms. The molecule has 0 fully saturated rings. The first-order chi connectivity index (χ1) is 13.7. The van der Waals surface area contributed by atoms with Gasteiger partial charge in [-0.1, -0.05) is 29.8 Å². The van der Waals surface area contributed by atoms with Gasteiger partial charge in [-0.2, -0.15) is 0 Å². The van der Waals surface area contributed by atoms with E-state index in [-0.39, 0.29) is 0 Å². The number of hydrogen-bond acceptors (Lipinski definition) is 5. The van der Waals surface area contributed by atoms with Crippen LogP contribution in [-0.2, 0) is 14.3 Å². The van der Waals surface area contributed by atoms with Gasteiger partial charge < -0.3 is 20.1 Å². The summed E-state index contributed by atoms with van der Waals surface area (Å²) < 4.78 is 10.4. The summed E-state index contributed by atoms with van der Waals surface area (Å²) in [6.07, 6.45) is -1.08. The Hall–Kier alpha value is -3.06. The Bertz CT molecular complexity index is 901. The lowest BCUT2D eigenvalue weighted by Crippen LogP contribution is -2.42. The molecule has 0 aromatic heterocycles. The number of ether oxygens (including phenoxy) is 2. The molecule has 2 rings (SSSR count). The Kier molecular flexibility index (Phi) is 7.61. The fraction of sp³-hybridized carbons (Fsp3) is 0.286. The van der Waals surface area contributed by atoms with Crippen LogP contribution in [0.2, 0.25) is 5.02 Å². The zero-order chi connectivity index (χ0) is 21.6. The van der Waals surface area contributed by atoms with Crippen LogP contribution in [0.5, 0.6) is 5.75 Å². The third-order valence-electron chi connectivity index (χ3n) is 4.14. The molecule has 2 amide bonds. The minimum Gasteiger partial charge on any atom is -0.495 e. The molecule has 0 aliphatic heterocycles. The van der Waals surface area contributed by atoms with Crippen LogP contribution >= 0.6 is 11.6 Å². The van der Waals surface area contributed by atoms with Crippen molar-refractivity contribution in [2.24, 2.45) is 0 Å². The third kappa shape index (κ3) is 5.96. The fourth-order valence-electron chi connectivity index (χ4n) is 2.42. The number of anilines is 1. The van der Waals surface area contributed by atoms with Crippen molar-refractivity contribution in [3.8, 4) is 5.75 Å². The lowest BCUT2D eigenvalue weighted by atomic mass is 10.2. The summed E-state index contributed by atoms with van der Waals surface area (Å²) in [5, 5.41) is 5.70. The number of methoxy groups -OCH3 is 1. The third-order valence-corrected chi connectivity index (χ3v) is 4.55. The molecule has 0 heterocycles. The van der Waals surface area contributed by atoms with E-state index >= 15 is 0 Å². The smallest absolute Gasteiger partial charge is 0.329 e. The number of aryl methyl sites for hydroxylation is 1. The maximum Gasteiger partial charge on any atom is 0.329 e. The highest BCUT2D eigenvalue weighted by Gasteiger charge is 2.24. The van der Waals surface area contributed by atoms with Crippen LogP contribution in [0.1, 0.15) is 29.8 Å². The van der Waals surface area contributed by atoms with E-state index in [0.29, 0.717) is 22.0 Å². The topological polar surface area (TPSA) is 93.7 Å². The number of halogens is 1. The van der Waals surface area contributed by atoms with Crippen LogP contribution in [0.15, 0.2) is 42.5 Å². The van der Waals surface area contributed by atoms with Crippen LogP contribution in [-0.4, -0.2) is 37.0 Å². The van der Waals surface area contributed by atoms with Gasteiger partial charge in [0.2, 0.25) is 0 Å². The van der Waals surface area contributed by atoms with Gasteiger partial charge in [0.05, 0.1) is 12.8 Å². The maximum absolute atomic E-state index is 12.4. The molecule has 0 unspecified atom stereocenters. The van der Waals surface area contributed by atoms with E-state index in [9.17, 15) is 14.4 Å². The lowest BCUT2D eigenvalue weighted by Gasteiger charge is -2.18. The molecular formula is C21H23ClN2O5. The first-order valence-corrected chi connectivity index (χ1v) is 9.32. The number of carbonyl (C=O) groups is 3. The van der Waals surface area contributed by atoms with Gasteiger partial charge in [-0.3, -0.25) is 9.59 Å². The van der Waals surface area contributed by atoms with Gasteiger partial charge in [0, 0.05) is 16.7 Å². The van der Waals surface area contributed by atoms with Gasteiger partial charge in [-0.15, -0.1) is 0 Å². The monoisotopic (exact) mass is 418 g/mol. The van der Waals surface area contributed by atoms with Gasteiger partial charge in [0.1, 0.15) is 11.8 Å². The zero-order valence-corrected chi connectivity index (χ0v) is 17.4. The van der Waals surface area contributed by atoms with Crippen molar-refractivity contribution >= 4 is 35.1 Å². The summed E-state index contributed by atoms with van der Waals surface area (Å²) in [7, 11) is 1.46. The first-order valence-electron chi connectivity index (χ1n) is 8.94. The maximum atomic E-state index is 12.4. The van der Waals surface area contributed by atoms with Crippen LogP contribution in [0.25, 0.3) is 0 Å². The summed E-state index contributed by atoms with van der Waals surface area (Å²) in [5.41, 5.74) is 1.58. The average molecular weight is 419 g/mol. The molecule has 0 saturated carbocycles. The van der Waals surface area contributed by atoms with E-state index in [1.807, 2.05) is 0 Å². The molecule has 2 atom stereocenters. The van der Waals surface area contributed by atoms with Gasteiger partial charge in [0.15, 0.2) is 6.10 Å². The molecule has 0 saturated heterocycles. The van der Waals surface area contributed by atoms with E-state index < -0.39 is 29.9 Å².